The topological polar surface area (TPSA) is 69.2 Å². The van der Waals surface area contributed by atoms with Crippen molar-refractivity contribution in [3.63, 3.8) is 0 Å². The van der Waals surface area contributed by atoms with Crippen molar-refractivity contribution in [1.82, 2.24) is 5.43 Å². The third kappa shape index (κ3) is 7.50. The van der Waals surface area contributed by atoms with E-state index in [4.69, 9.17) is 25.8 Å². The number of carbonyl (C=O) groups excluding carboxylic acids is 1. The molecule has 8 heteroatoms. The summed E-state index contributed by atoms with van der Waals surface area (Å²) >= 11 is 9.51. The Bertz CT molecular complexity index is 1150. The number of ether oxygens (including phenoxy) is 3. The van der Waals surface area contributed by atoms with Crippen molar-refractivity contribution in [2.24, 2.45) is 5.10 Å². The highest BCUT2D eigenvalue weighted by molar-refractivity contribution is 9.10. The predicted molar refractivity (Wildman–Crippen MR) is 138 cm³/mol. The van der Waals surface area contributed by atoms with Crippen LogP contribution < -0.4 is 19.6 Å². The van der Waals surface area contributed by atoms with Crippen LogP contribution in [0.2, 0.25) is 5.02 Å². The van der Waals surface area contributed by atoms with Gasteiger partial charge in [0.15, 0.2) is 11.5 Å². The molecule has 178 valence electrons. The SMILES string of the molecule is CCCOc1ccc(C(=O)N/N=C/c2cc(Br)ccc2OCc2cccc(Cl)c2)cc1OCC. The van der Waals surface area contributed by atoms with Gasteiger partial charge in [-0.1, -0.05) is 46.6 Å². The van der Waals surface area contributed by atoms with Crippen LogP contribution in [-0.2, 0) is 6.61 Å². The van der Waals surface area contributed by atoms with Crippen molar-refractivity contribution in [1.29, 1.82) is 0 Å². The van der Waals surface area contributed by atoms with Gasteiger partial charge in [0.1, 0.15) is 12.4 Å². The number of nitrogens with one attached hydrogen (secondary N) is 1. The molecule has 3 aromatic rings. The van der Waals surface area contributed by atoms with E-state index in [1.165, 1.54) is 6.21 Å². The van der Waals surface area contributed by atoms with Crippen LogP contribution in [0, 0.1) is 0 Å². The minimum absolute atomic E-state index is 0.349. The molecule has 0 aromatic heterocycles. The molecule has 0 aliphatic heterocycles. The van der Waals surface area contributed by atoms with Gasteiger partial charge in [-0.05, 0) is 67.4 Å². The number of hydrogen-bond acceptors (Lipinski definition) is 5. The van der Waals surface area contributed by atoms with Gasteiger partial charge < -0.3 is 14.2 Å². The van der Waals surface area contributed by atoms with E-state index in [2.05, 4.69) is 26.5 Å². The van der Waals surface area contributed by atoms with Gasteiger partial charge in [0, 0.05) is 20.6 Å². The van der Waals surface area contributed by atoms with Crippen LogP contribution in [0.4, 0.5) is 0 Å². The monoisotopic (exact) mass is 544 g/mol. The Kier molecular flexibility index (Phi) is 9.79. The van der Waals surface area contributed by atoms with Crippen molar-refractivity contribution in [3.05, 3.63) is 86.8 Å². The van der Waals surface area contributed by atoms with Crippen LogP contribution in [-0.4, -0.2) is 25.3 Å². The number of halogens is 2. The molecule has 0 bridgehead atoms. The molecule has 0 spiro atoms. The smallest absolute Gasteiger partial charge is 0.271 e. The first-order valence-corrected chi connectivity index (χ1v) is 12.1. The van der Waals surface area contributed by atoms with E-state index in [1.54, 1.807) is 18.2 Å². The second-order valence-corrected chi connectivity index (χ2v) is 8.59. The fourth-order valence-corrected chi connectivity index (χ4v) is 3.61. The number of nitrogens with zero attached hydrogens (tertiary/aromatic N) is 1. The molecule has 6 nitrogen and oxygen atoms in total. The maximum Gasteiger partial charge on any atom is 0.271 e. The lowest BCUT2D eigenvalue weighted by molar-refractivity contribution is 0.0954. The number of carbonyl (C=O) groups is 1. The molecule has 0 atom stereocenters. The minimum Gasteiger partial charge on any atom is -0.490 e. The van der Waals surface area contributed by atoms with Crippen molar-refractivity contribution in [2.45, 2.75) is 26.9 Å². The summed E-state index contributed by atoms with van der Waals surface area (Å²) in [7, 11) is 0. The van der Waals surface area contributed by atoms with Gasteiger partial charge in [-0.3, -0.25) is 4.79 Å². The molecule has 0 radical (unpaired) electrons. The molecule has 3 rings (SSSR count). The molecule has 0 unspecified atom stereocenters. The third-order valence-electron chi connectivity index (χ3n) is 4.59. The number of hydrogen-bond donors (Lipinski definition) is 1. The van der Waals surface area contributed by atoms with Crippen LogP contribution in [0.15, 0.2) is 70.2 Å². The van der Waals surface area contributed by atoms with Gasteiger partial charge in [0.2, 0.25) is 0 Å². The van der Waals surface area contributed by atoms with Crippen LogP contribution >= 0.6 is 27.5 Å². The Morgan fingerprint density at radius 2 is 1.82 bits per heavy atom. The first kappa shape index (κ1) is 25.6. The highest BCUT2D eigenvalue weighted by Gasteiger charge is 2.11. The fourth-order valence-electron chi connectivity index (χ4n) is 3.01. The summed E-state index contributed by atoms with van der Waals surface area (Å²) in [5, 5.41) is 4.77. The van der Waals surface area contributed by atoms with Gasteiger partial charge in [0.05, 0.1) is 19.4 Å². The molecule has 1 amide bonds. The predicted octanol–water partition coefficient (Wildman–Crippen LogP) is 6.63. The molecule has 0 saturated heterocycles. The summed E-state index contributed by atoms with van der Waals surface area (Å²) in [5.41, 5.74) is 4.62. The Hall–Kier alpha value is -3.03. The first-order valence-electron chi connectivity index (χ1n) is 10.9. The molecular weight excluding hydrogens is 520 g/mol. The van der Waals surface area contributed by atoms with Gasteiger partial charge in [-0.25, -0.2) is 5.43 Å². The second kappa shape index (κ2) is 13.0. The average molecular weight is 546 g/mol. The molecule has 0 fully saturated rings. The van der Waals surface area contributed by atoms with Gasteiger partial charge in [-0.15, -0.1) is 0 Å². The number of amides is 1. The summed E-state index contributed by atoms with van der Waals surface area (Å²) < 4.78 is 18.1. The zero-order valence-corrected chi connectivity index (χ0v) is 21.4. The lowest BCUT2D eigenvalue weighted by Gasteiger charge is -2.12. The van der Waals surface area contributed by atoms with Crippen molar-refractivity contribution in [2.75, 3.05) is 13.2 Å². The van der Waals surface area contributed by atoms with E-state index in [0.717, 1.165) is 16.5 Å². The summed E-state index contributed by atoms with van der Waals surface area (Å²) in [5.74, 6) is 1.39. The number of rotatable bonds is 11. The van der Waals surface area contributed by atoms with Crippen LogP contribution in [0.5, 0.6) is 17.2 Å². The summed E-state index contributed by atoms with van der Waals surface area (Å²) in [6, 6.07) is 18.1. The standard InChI is InChI=1S/C26H26BrClN2O4/c1-3-12-33-24-10-8-19(15-25(24)32-4-2)26(31)30-29-16-20-14-21(27)9-11-23(20)34-17-18-6-5-7-22(28)13-18/h5-11,13-16H,3-4,12,17H2,1-2H3,(H,30,31)/b29-16+. The second-order valence-electron chi connectivity index (χ2n) is 7.24. The molecular formula is C26H26BrClN2O4. The molecule has 0 heterocycles. The van der Waals surface area contributed by atoms with Crippen molar-refractivity contribution < 1.29 is 19.0 Å². The average Bonchev–Trinajstić information content (AvgIpc) is 2.83. The molecule has 1 N–H and O–H groups in total. The van der Waals surface area contributed by atoms with E-state index in [9.17, 15) is 4.79 Å². The van der Waals surface area contributed by atoms with Crippen LogP contribution in [0.25, 0.3) is 0 Å². The first-order chi connectivity index (χ1) is 16.5. The highest BCUT2D eigenvalue weighted by atomic mass is 79.9. The molecule has 0 aliphatic rings. The number of hydrazone groups is 1. The Balaban J connectivity index is 1.69. The van der Waals surface area contributed by atoms with Gasteiger partial charge in [-0.2, -0.15) is 5.10 Å². The molecule has 34 heavy (non-hydrogen) atoms. The Morgan fingerprint density at radius 3 is 2.59 bits per heavy atom. The fraction of sp³-hybridized carbons (Fsp3) is 0.231. The van der Waals surface area contributed by atoms with Crippen molar-refractivity contribution >= 4 is 39.7 Å². The number of benzene rings is 3. The van der Waals surface area contributed by atoms with Crippen molar-refractivity contribution in [3.8, 4) is 17.2 Å². The highest BCUT2D eigenvalue weighted by Crippen LogP contribution is 2.29. The zero-order chi connectivity index (χ0) is 24.3. The maximum atomic E-state index is 12.6. The van der Waals surface area contributed by atoms with Crippen LogP contribution in [0.1, 0.15) is 41.8 Å². The lowest BCUT2D eigenvalue weighted by Crippen LogP contribution is -2.18. The zero-order valence-electron chi connectivity index (χ0n) is 19.0. The Labute approximate surface area is 213 Å². The normalized spacial score (nSPS) is 10.8. The minimum atomic E-state index is -0.365. The third-order valence-corrected chi connectivity index (χ3v) is 5.32. The van der Waals surface area contributed by atoms with Gasteiger partial charge in [0.25, 0.3) is 5.91 Å². The van der Waals surface area contributed by atoms with E-state index in [1.807, 2.05) is 56.3 Å². The van der Waals surface area contributed by atoms with Crippen LogP contribution in [0.3, 0.4) is 0 Å². The molecule has 3 aromatic carbocycles. The van der Waals surface area contributed by atoms with Gasteiger partial charge >= 0.3 is 0 Å². The maximum absolute atomic E-state index is 12.6. The van der Waals surface area contributed by atoms with E-state index >= 15 is 0 Å². The Morgan fingerprint density at radius 1 is 1.00 bits per heavy atom. The summed E-state index contributed by atoms with van der Waals surface area (Å²) in [4.78, 5) is 12.6. The molecule has 0 saturated carbocycles. The van der Waals surface area contributed by atoms with E-state index in [0.29, 0.717) is 53.2 Å². The molecule has 0 aliphatic carbocycles. The largest absolute Gasteiger partial charge is 0.490 e. The quantitative estimate of drug-likeness (QED) is 0.217. The van der Waals surface area contributed by atoms with E-state index < -0.39 is 0 Å². The summed E-state index contributed by atoms with van der Waals surface area (Å²) in [6.45, 7) is 5.29. The summed E-state index contributed by atoms with van der Waals surface area (Å²) in [6.07, 6.45) is 2.42. The lowest BCUT2D eigenvalue weighted by atomic mass is 10.2. The van der Waals surface area contributed by atoms with E-state index in [-0.39, 0.29) is 5.91 Å².